The summed E-state index contributed by atoms with van der Waals surface area (Å²) in [5, 5.41) is 13.0. The van der Waals surface area contributed by atoms with Crippen LogP contribution >= 0.6 is 0 Å². The lowest BCUT2D eigenvalue weighted by Crippen LogP contribution is -2.43. The SMILES string of the molecule is COc1ccc(C2Nc3ccccc3C(=O)N2c2ccc(O)cc2)cc1. The van der Waals surface area contributed by atoms with Gasteiger partial charge in [-0.1, -0.05) is 24.3 Å². The fourth-order valence-electron chi connectivity index (χ4n) is 3.15. The Morgan fingerprint density at radius 1 is 0.962 bits per heavy atom. The zero-order valence-corrected chi connectivity index (χ0v) is 14.2. The molecule has 0 bridgehead atoms. The summed E-state index contributed by atoms with van der Waals surface area (Å²) in [5.41, 5.74) is 3.05. The molecule has 0 saturated heterocycles. The molecule has 0 spiro atoms. The molecule has 26 heavy (non-hydrogen) atoms. The van der Waals surface area contributed by atoms with Crippen molar-refractivity contribution in [1.29, 1.82) is 0 Å². The number of phenolic OH excluding ortho intramolecular Hbond substituents is 1. The first-order valence-electron chi connectivity index (χ1n) is 8.29. The molecule has 1 aliphatic rings. The van der Waals surface area contributed by atoms with Crippen molar-refractivity contribution in [3.8, 4) is 11.5 Å². The van der Waals surface area contributed by atoms with E-state index in [1.54, 1.807) is 36.3 Å². The highest BCUT2D eigenvalue weighted by Crippen LogP contribution is 2.37. The fourth-order valence-corrected chi connectivity index (χ4v) is 3.15. The van der Waals surface area contributed by atoms with Gasteiger partial charge in [0.25, 0.3) is 5.91 Å². The Bertz CT molecular complexity index is 936. The summed E-state index contributed by atoms with van der Waals surface area (Å²) >= 11 is 0. The van der Waals surface area contributed by atoms with Crippen molar-refractivity contribution in [2.24, 2.45) is 0 Å². The molecule has 3 aromatic carbocycles. The third-order valence-corrected chi connectivity index (χ3v) is 4.49. The summed E-state index contributed by atoms with van der Waals surface area (Å²) in [4.78, 5) is 14.9. The van der Waals surface area contributed by atoms with Gasteiger partial charge in [-0.2, -0.15) is 0 Å². The van der Waals surface area contributed by atoms with E-state index in [1.165, 1.54) is 0 Å². The Hall–Kier alpha value is -3.47. The van der Waals surface area contributed by atoms with E-state index < -0.39 is 0 Å². The quantitative estimate of drug-likeness (QED) is 0.747. The van der Waals surface area contributed by atoms with Gasteiger partial charge in [0, 0.05) is 11.4 Å². The molecule has 3 aromatic rings. The van der Waals surface area contributed by atoms with Gasteiger partial charge in [0.1, 0.15) is 17.7 Å². The van der Waals surface area contributed by atoms with Gasteiger partial charge in [-0.3, -0.25) is 9.69 Å². The summed E-state index contributed by atoms with van der Waals surface area (Å²) in [7, 11) is 1.62. The Balaban J connectivity index is 1.82. The number of benzene rings is 3. The number of para-hydroxylation sites is 1. The van der Waals surface area contributed by atoms with Gasteiger partial charge in [0.15, 0.2) is 0 Å². The van der Waals surface area contributed by atoms with Crippen molar-refractivity contribution < 1.29 is 14.6 Å². The summed E-state index contributed by atoms with van der Waals surface area (Å²) < 4.78 is 5.23. The number of nitrogens with zero attached hydrogens (tertiary/aromatic N) is 1. The van der Waals surface area contributed by atoms with Crippen LogP contribution in [0.1, 0.15) is 22.1 Å². The third-order valence-electron chi connectivity index (χ3n) is 4.49. The summed E-state index contributed by atoms with van der Waals surface area (Å²) in [6, 6.07) is 21.7. The second-order valence-corrected chi connectivity index (χ2v) is 6.06. The standard InChI is InChI=1S/C21H18N2O3/c1-26-17-12-6-14(7-13-17)20-22-19-5-3-2-4-18(19)21(25)23(20)15-8-10-16(24)11-9-15/h2-13,20,22,24H,1H3. The maximum atomic E-state index is 13.2. The van der Waals surface area contributed by atoms with Gasteiger partial charge < -0.3 is 15.2 Å². The zero-order chi connectivity index (χ0) is 18.1. The minimum atomic E-state index is -0.368. The second-order valence-electron chi connectivity index (χ2n) is 6.06. The molecular weight excluding hydrogens is 328 g/mol. The van der Waals surface area contributed by atoms with Crippen molar-refractivity contribution in [3.05, 3.63) is 83.9 Å². The molecule has 5 nitrogen and oxygen atoms in total. The highest BCUT2D eigenvalue weighted by atomic mass is 16.5. The molecule has 1 atom stereocenters. The number of fused-ring (bicyclic) bond motifs is 1. The fraction of sp³-hybridized carbons (Fsp3) is 0.0952. The number of carbonyl (C=O) groups is 1. The van der Waals surface area contributed by atoms with Crippen LogP contribution in [0.15, 0.2) is 72.8 Å². The molecule has 0 aromatic heterocycles. The Kier molecular flexibility index (Phi) is 3.97. The van der Waals surface area contributed by atoms with E-state index in [2.05, 4.69) is 5.32 Å². The average molecular weight is 346 g/mol. The number of rotatable bonds is 3. The summed E-state index contributed by atoms with van der Waals surface area (Å²) in [6.45, 7) is 0. The van der Waals surface area contributed by atoms with Gasteiger partial charge >= 0.3 is 0 Å². The number of hydrogen-bond acceptors (Lipinski definition) is 4. The van der Waals surface area contributed by atoms with Crippen LogP contribution < -0.4 is 15.0 Å². The lowest BCUT2D eigenvalue weighted by Gasteiger charge is -2.38. The number of nitrogens with one attached hydrogen (secondary N) is 1. The Morgan fingerprint density at radius 2 is 1.65 bits per heavy atom. The lowest BCUT2D eigenvalue weighted by atomic mass is 10.0. The minimum absolute atomic E-state index is 0.0918. The number of amides is 1. The van der Waals surface area contributed by atoms with Gasteiger partial charge in [-0.15, -0.1) is 0 Å². The maximum Gasteiger partial charge on any atom is 0.262 e. The molecule has 1 heterocycles. The monoisotopic (exact) mass is 346 g/mol. The molecular formula is C21H18N2O3. The van der Waals surface area contributed by atoms with Gasteiger partial charge in [0.2, 0.25) is 0 Å². The van der Waals surface area contributed by atoms with Crippen LogP contribution in [0.3, 0.4) is 0 Å². The predicted octanol–water partition coefficient (Wildman–Crippen LogP) is 4.17. The van der Waals surface area contributed by atoms with E-state index in [0.717, 1.165) is 17.0 Å². The summed E-state index contributed by atoms with van der Waals surface area (Å²) in [6.07, 6.45) is -0.368. The number of carbonyl (C=O) groups excluding carboxylic acids is 1. The number of methoxy groups -OCH3 is 1. The topological polar surface area (TPSA) is 61.8 Å². The highest BCUT2D eigenvalue weighted by Gasteiger charge is 2.33. The number of phenols is 1. The van der Waals surface area contributed by atoms with Crippen molar-refractivity contribution in [3.63, 3.8) is 0 Å². The average Bonchev–Trinajstić information content (AvgIpc) is 2.69. The van der Waals surface area contributed by atoms with Crippen molar-refractivity contribution in [2.45, 2.75) is 6.17 Å². The van der Waals surface area contributed by atoms with E-state index >= 15 is 0 Å². The molecule has 0 aliphatic carbocycles. The molecule has 2 N–H and O–H groups in total. The molecule has 1 amide bonds. The van der Waals surface area contributed by atoms with Crippen LogP contribution in [0.25, 0.3) is 0 Å². The number of anilines is 2. The Morgan fingerprint density at radius 3 is 2.35 bits per heavy atom. The minimum Gasteiger partial charge on any atom is -0.508 e. The largest absolute Gasteiger partial charge is 0.508 e. The maximum absolute atomic E-state index is 13.2. The number of hydrogen-bond donors (Lipinski definition) is 2. The van der Waals surface area contributed by atoms with Crippen molar-refractivity contribution in [1.82, 2.24) is 0 Å². The number of aromatic hydroxyl groups is 1. The molecule has 0 fully saturated rings. The molecule has 1 aliphatic heterocycles. The van der Waals surface area contributed by atoms with Gasteiger partial charge in [-0.25, -0.2) is 0 Å². The van der Waals surface area contributed by atoms with Crippen LogP contribution in [0.5, 0.6) is 11.5 Å². The second kappa shape index (κ2) is 6.44. The summed E-state index contributed by atoms with van der Waals surface area (Å²) in [5.74, 6) is 0.825. The van der Waals surface area contributed by atoms with E-state index in [0.29, 0.717) is 11.3 Å². The van der Waals surface area contributed by atoms with E-state index in [4.69, 9.17) is 4.74 Å². The predicted molar refractivity (Wildman–Crippen MR) is 101 cm³/mol. The normalized spacial score (nSPS) is 16.0. The van der Waals surface area contributed by atoms with Crippen LogP contribution in [0.4, 0.5) is 11.4 Å². The first kappa shape index (κ1) is 16.0. The van der Waals surface area contributed by atoms with Crippen molar-refractivity contribution in [2.75, 3.05) is 17.3 Å². The van der Waals surface area contributed by atoms with E-state index in [-0.39, 0.29) is 17.8 Å². The highest BCUT2D eigenvalue weighted by molar-refractivity contribution is 6.12. The van der Waals surface area contributed by atoms with Crippen LogP contribution in [-0.2, 0) is 0 Å². The molecule has 130 valence electrons. The van der Waals surface area contributed by atoms with Gasteiger partial charge in [-0.05, 0) is 54.1 Å². The van der Waals surface area contributed by atoms with E-state index in [1.807, 2.05) is 48.5 Å². The van der Waals surface area contributed by atoms with Crippen LogP contribution in [-0.4, -0.2) is 18.1 Å². The first-order chi connectivity index (χ1) is 12.7. The molecule has 0 saturated carbocycles. The zero-order valence-electron chi connectivity index (χ0n) is 14.2. The van der Waals surface area contributed by atoms with Crippen LogP contribution in [0.2, 0.25) is 0 Å². The van der Waals surface area contributed by atoms with Crippen LogP contribution in [0, 0.1) is 0 Å². The number of ether oxygens (including phenoxy) is 1. The molecule has 1 unspecified atom stereocenters. The van der Waals surface area contributed by atoms with E-state index in [9.17, 15) is 9.90 Å². The smallest absolute Gasteiger partial charge is 0.262 e. The molecule has 5 heteroatoms. The first-order valence-corrected chi connectivity index (χ1v) is 8.29. The third kappa shape index (κ3) is 2.73. The lowest BCUT2D eigenvalue weighted by molar-refractivity contribution is 0.0975. The van der Waals surface area contributed by atoms with Crippen molar-refractivity contribution >= 4 is 17.3 Å². The Labute approximate surface area is 151 Å². The molecule has 4 rings (SSSR count). The molecule has 0 radical (unpaired) electrons. The van der Waals surface area contributed by atoms with Gasteiger partial charge in [0.05, 0.1) is 12.7 Å².